The van der Waals surface area contributed by atoms with Gasteiger partial charge in [0, 0.05) is 0 Å². The predicted octanol–water partition coefficient (Wildman–Crippen LogP) is -6.00. The van der Waals surface area contributed by atoms with Crippen molar-refractivity contribution in [2.75, 3.05) is 0 Å². The second kappa shape index (κ2) is 7.78. The van der Waals surface area contributed by atoms with Crippen molar-refractivity contribution in [1.29, 1.82) is 5.26 Å². The van der Waals surface area contributed by atoms with Crippen molar-refractivity contribution in [3.63, 3.8) is 0 Å². The Balaban J connectivity index is 0. The summed E-state index contributed by atoms with van der Waals surface area (Å²) in [7, 11) is 0. The van der Waals surface area contributed by atoms with Crippen LogP contribution in [0.2, 0.25) is 0 Å². The van der Waals surface area contributed by atoms with Gasteiger partial charge in [-0.25, -0.2) is 0 Å². The molecule has 0 saturated carbocycles. The number of hydrogen-bond acceptors (Lipinski definition) is 5. The van der Waals surface area contributed by atoms with Gasteiger partial charge < -0.3 is 22.1 Å². The third kappa shape index (κ3) is 4.44. The third-order valence-electron chi connectivity index (χ3n) is 0.741. The Morgan fingerprint density at radius 2 is 2.09 bits per heavy atom. The van der Waals surface area contributed by atoms with Crippen LogP contribution in [0.25, 0.3) is 0 Å². The predicted molar refractivity (Wildman–Crippen MR) is 31.9 cm³/mol. The maximum atomic E-state index is 10.5. The van der Waals surface area contributed by atoms with Crippen LogP contribution in [0.3, 0.4) is 0 Å². The van der Waals surface area contributed by atoms with Gasteiger partial charge in [0.2, 0.25) is 0 Å². The van der Waals surface area contributed by atoms with Gasteiger partial charge in [-0.3, -0.25) is 11.5 Å². The average Bonchev–Trinajstić information content (AvgIpc) is 2.12. The first-order chi connectivity index (χ1) is 4.25. The smallest absolute Gasteiger partial charge is 0.858 e. The third-order valence-corrected chi connectivity index (χ3v) is 1.80. The van der Waals surface area contributed by atoms with E-state index in [1.807, 2.05) is 0 Å². The second-order valence-corrected chi connectivity index (χ2v) is 2.70. The van der Waals surface area contributed by atoms with Gasteiger partial charge in [0.05, 0.1) is 11.6 Å². The van der Waals surface area contributed by atoms with Gasteiger partial charge in [-0.2, -0.15) is 5.26 Å². The van der Waals surface area contributed by atoms with Crippen molar-refractivity contribution in [3.8, 4) is 11.9 Å². The molecular formula is C4K2N2OS2. The fourth-order valence-corrected chi connectivity index (χ4v) is 1.08. The molecule has 0 bridgehead atoms. The number of rotatable bonds is 0. The second-order valence-electron chi connectivity index (χ2n) is 1.26. The zero-order valence-corrected chi connectivity index (χ0v) is 14.0. The van der Waals surface area contributed by atoms with Crippen LogP contribution < -0.4 is 108 Å². The molecule has 7 heteroatoms. The van der Waals surface area contributed by atoms with E-state index in [1.165, 1.54) is 0 Å². The van der Waals surface area contributed by atoms with E-state index in [1.54, 1.807) is 6.07 Å². The normalized spacial score (nSPS) is 7.18. The molecule has 0 atom stereocenters. The summed E-state index contributed by atoms with van der Waals surface area (Å²) in [4.78, 5) is 0. The topological polar surface area (TPSA) is 59.7 Å². The molecule has 0 saturated heterocycles. The van der Waals surface area contributed by atoms with Crippen LogP contribution in [0.15, 0.2) is 4.21 Å². The molecule has 1 heterocycles. The van der Waals surface area contributed by atoms with E-state index in [-0.39, 0.29) is 113 Å². The van der Waals surface area contributed by atoms with Crippen molar-refractivity contribution < 1.29 is 108 Å². The van der Waals surface area contributed by atoms with E-state index in [4.69, 9.17) is 5.26 Å². The van der Waals surface area contributed by atoms with Gasteiger partial charge in [0.1, 0.15) is 0 Å². The van der Waals surface area contributed by atoms with E-state index in [0.717, 1.165) is 11.5 Å². The van der Waals surface area contributed by atoms with Gasteiger partial charge in [-0.05, 0) is 5.88 Å². The fourth-order valence-electron chi connectivity index (χ4n) is 0.355. The Hall–Kier alpha value is 2.41. The van der Waals surface area contributed by atoms with Gasteiger partial charge in [-0.1, -0.05) is 4.21 Å². The molecule has 0 amide bonds. The summed E-state index contributed by atoms with van der Waals surface area (Å²) in [5.74, 6) is -0.507. The maximum absolute atomic E-state index is 10.5. The Kier molecular flexibility index (Phi) is 11.2. The Morgan fingerprint density at radius 1 is 1.55 bits per heavy atom. The summed E-state index contributed by atoms with van der Waals surface area (Å²) in [5, 5.41) is 18.7. The minimum atomic E-state index is -0.507. The minimum absolute atomic E-state index is 0. The largest absolute Gasteiger partial charge is 1.00 e. The first-order valence-electron chi connectivity index (χ1n) is 1.99. The minimum Gasteiger partial charge on any atom is -0.858 e. The van der Waals surface area contributed by atoms with Crippen molar-refractivity contribution >= 4 is 24.2 Å². The summed E-state index contributed by atoms with van der Waals surface area (Å²) in [6, 6.07) is 1.67. The first kappa shape index (κ1) is 15.9. The molecule has 0 unspecified atom stereocenters. The summed E-state index contributed by atoms with van der Waals surface area (Å²) < 4.78 is 3.63. The van der Waals surface area contributed by atoms with Gasteiger partial charge >= 0.3 is 103 Å². The van der Waals surface area contributed by atoms with Crippen LogP contribution in [-0.4, -0.2) is 4.37 Å². The van der Waals surface area contributed by atoms with Gasteiger partial charge in [-0.15, -0.1) is 0 Å². The Bertz CT molecular complexity index is 250. The van der Waals surface area contributed by atoms with Crippen LogP contribution in [0, 0.1) is 11.3 Å². The molecule has 3 nitrogen and oxygen atoms in total. The maximum Gasteiger partial charge on any atom is 1.00 e. The monoisotopic (exact) mass is 234 g/mol. The Morgan fingerprint density at radius 3 is 2.27 bits per heavy atom. The number of hydrogen-bond donors (Lipinski definition) is 0. The molecule has 1 aromatic heterocycles. The molecule has 1 aromatic rings. The SMILES string of the molecule is N#Cc1c([O-])nsc1[S-].[K+].[K+]. The quantitative estimate of drug-likeness (QED) is 0.331. The van der Waals surface area contributed by atoms with Gasteiger partial charge in [0.15, 0.2) is 0 Å². The van der Waals surface area contributed by atoms with Crippen molar-refractivity contribution in [2.24, 2.45) is 0 Å². The summed E-state index contributed by atoms with van der Waals surface area (Å²) in [5.41, 5.74) is -0.00463. The molecule has 0 aliphatic heterocycles. The zero-order valence-electron chi connectivity index (χ0n) is 6.12. The molecule has 0 aliphatic carbocycles. The molecule has 11 heavy (non-hydrogen) atoms. The van der Waals surface area contributed by atoms with E-state index < -0.39 is 5.88 Å². The first-order valence-corrected chi connectivity index (χ1v) is 3.17. The van der Waals surface area contributed by atoms with E-state index in [2.05, 4.69) is 17.0 Å². The number of aromatic nitrogens is 1. The van der Waals surface area contributed by atoms with E-state index in [0.29, 0.717) is 0 Å². The van der Waals surface area contributed by atoms with Gasteiger partial charge in [0.25, 0.3) is 0 Å². The molecular weight excluding hydrogens is 234 g/mol. The van der Waals surface area contributed by atoms with Crippen LogP contribution in [0.5, 0.6) is 5.88 Å². The average molecular weight is 234 g/mol. The molecule has 0 radical (unpaired) electrons. The molecule has 0 fully saturated rings. The molecule has 0 aromatic carbocycles. The molecule has 46 valence electrons. The van der Waals surface area contributed by atoms with Crippen molar-refractivity contribution in [2.45, 2.75) is 4.21 Å². The molecule has 0 N–H and O–H groups in total. The summed E-state index contributed by atoms with van der Waals surface area (Å²) in [6.07, 6.45) is 0. The molecule has 1 rings (SSSR count). The van der Waals surface area contributed by atoms with E-state index in [9.17, 15) is 5.11 Å². The Labute approximate surface area is 159 Å². The van der Waals surface area contributed by atoms with Crippen LogP contribution >= 0.6 is 11.5 Å². The zero-order chi connectivity index (χ0) is 6.85. The molecule has 0 spiro atoms. The van der Waals surface area contributed by atoms with Crippen LogP contribution in [0.1, 0.15) is 5.56 Å². The summed E-state index contributed by atoms with van der Waals surface area (Å²) in [6.45, 7) is 0. The summed E-state index contributed by atoms with van der Waals surface area (Å²) >= 11 is 5.49. The van der Waals surface area contributed by atoms with Crippen LogP contribution in [-0.2, 0) is 12.6 Å². The standard InChI is InChI=1S/C4H2N2OS2.2K/c5-1-2-3(7)6-9-4(2)8;;/h8H,(H,6,7);;/q;2*+1/p-2. The fraction of sp³-hybridized carbons (Fsp3) is 0. The number of nitriles is 1. The van der Waals surface area contributed by atoms with E-state index >= 15 is 0 Å². The van der Waals surface area contributed by atoms with Crippen LogP contribution in [0.4, 0.5) is 0 Å². The van der Waals surface area contributed by atoms with Crippen molar-refractivity contribution in [3.05, 3.63) is 5.56 Å². The van der Waals surface area contributed by atoms with Crippen molar-refractivity contribution in [1.82, 2.24) is 4.37 Å². The molecule has 0 aliphatic rings. The number of nitrogens with zero attached hydrogens (tertiary/aromatic N) is 2.